The van der Waals surface area contributed by atoms with Crippen LogP contribution in [-0.4, -0.2) is 5.33 Å². The third-order valence-electron chi connectivity index (χ3n) is 3.47. The maximum atomic E-state index is 3.48. The van der Waals surface area contributed by atoms with Crippen molar-refractivity contribution in [3.05, 3.63) is 0 Å². The highest BCUT2D eigenvalue weighted by molar-refractivity contribution is 9.09. The first-order valence-electron chi connectivity index (χ1n) is 6.49. The van der Waals surface area contributed by atoms with Gasteiger partial charge in [-0.2, -0.15) is 0 Å². The van der Waals surface area contributed by atoms with E-state index < -0.39 is 0 Å². The molecule has 0 aliphatic heterocycles. The summed E-state index contributed by atoms with van der Waals surface area (Å²) in [6, 6.07) is 0. The average molecular weight is 261 g/mol. The van der Waals surface area contributed by atoms with E-state index in [2.05, 4.69) is 15.9 Å². The van der Waals surface area contributed by atoms with Crippen LogP contribution in [-0.2, 0) is 0 Å². The third kappa shape index (κ3) is 6.06. The van der Waals surface area contributed by atoms with E-state index in [0.29, 0.717) is 0 Å². The predicted octanol–water partition coefficient (Wildman–Crippen LogP) is 5.30. The molecule has 1 rings (SSSR count). The highest BCUT2D eigenvalue weighted by Crippen LogP contribution is 2.27. The van der Waals surface area contributed by atoms with Crippen LogP contribution in [0.3, 0.4) is 0 Å². The molecule has 1 fully saturated rings. The van der Waals surface area contributed by atoms with Crippen molar-refractivity contribution in [2.45, 2.75) is 70.6 Å². The van der Waals surface area contributed by atoms with Crippen molar-refractivity contribution in [1.82, 2.24) is 0 Å². The van der Waals surface area contributed by atoms with Gasteiger partial charge in [0.15, 0.2) is 0 Å². The fourth-order valence-electron chi connectivity index (χ4n) is 2.53. The average Bonchev–Trinajstić information content (AvgIpc) is 2.25. The molecule has 0 unspecified atom stereocenters. The topological polar surface area (TPSA) is 0 Å². The summed E-state index contributed by atoms with van der Waals surface area (Å²) in [7, 11) is 0. The number of rotatable bonds is 7. The molecule has 0 bridgehead atoms. The number of halogens is 1. The van der Waals surface area contributed by atoms with Crippen molar-refractivity contribution >= 4 is 15.9 Å². The Morgan fingerprint density at radius 1 is 0.786 bits per heavy atom. The molecule has 1 aliphatic carbocycles. The van der Waals surface area contributed by atoms with Gasteiger partial charge in [-0.15, -0.1) is 0 Å². The van der Waals surface area contributed by atoms with Gasteiger partial charge in [-0.05, 0) is 12.3 Å². The molecule has 0 N–H and O–H groups in total. The predicted molar refractivity (Wildman–Crippen MR) is 68.1 cm³/mol. The van der Waals surface area contributed by atoms with Crippen molar-refractivity contribution in [1.29, 1.82) is 0 Å². The Morgan fingerprint density at radius 3 is 2.14 bits per heavy atom. The van der Waals surface area contributed by atoms with Crippen molar-refractivity contribution in [3.8, 4) is 0 Å². The lowest BCUT2D eigenvalue weighted by Gasteiger charge is -2.21. The standard InChI is InChI=1S/C13H25Br/c14-12-8-3-1-2-5-9-13-10-6-4-7-11-13/h13H,1-12H2. The van der Waals surface area contributed by atoms with Crippen molar-refractivity contribution in [2.75, 3.05) is 5.33 Å². The molecule has 0 aromatic heterocycles. The van der Waals surface area contributed by atoms with Crippen LogP contribution in [0.2, 0.25) is 0 Å². The van der Waals surface area contributed by atoms with Gasteiger partial charge in [0, 0.05) is 5.33 Å². The van der Waals surface area contributed by atoms with Crippen LogP contribution in [0.5, 0.6) is 0 Å². The summed E-state index contributed by atoms with van der Waals surface area (Å²) in [6.45, 7) is 0. The van der Waals surface area contributed by atoms with E-state index >= 15 is 0 Å². The molecule has 0 radical (unpaired) electrons. The second-order valence-corrected chi connectivity index (χ2v) is 5.54. The van der Waals surface area contributed by atoms with Crippen LogP contribution >= 0.6 is 15.9 Å². The van der Waals surface area contributed by atoms with E-state index in [0.717, 1.165) is 5.92 Å². The van der Waals surface area contributed by atoms with Crippen molar-refractivity contribution in [3.63, 3.8) is 0 Å². The van der Waals surface area contributed by atoms with E-state index in [-0.39, 0.29) is 0 Å². The highest BCUT2D eigenvalue weighted by atomic mass is 79.9. The van der Waals surface area contributed by atoms with Gasteiger partial charge in [-0.3, -0.25) is 0 Å². The molecule has 0 heterocycles. The zero-order valence-corrected chi connectivity index (χ0v) is 11.0. The van der Waals surface area contributed by atoms with Gasteiger partial charge >= 0.3 is 0 Å². The molecule has 1 saturated carbocycles. The lowest BCUT2D eigenvalue weighted by atomic mass is 9.85. The summed E-state index contributed by atoms with van der Waals surface area (Å²) < 4.78 is 0. The fourth-order valence-corrected chi connectivity index (χ4v) is 2.93. The molecular formula is C13H25Br. The molecule has 0 saturated heterocycles. The minimum Gasteiger partial charge on any atom is -0.0928 e. The minimum atomic E-state index is 1.10. The lowest BCUT2D eigenvalue weighted by Crippen LogP contribution is -2.05. The summed E-state index contributed by atoms with van der Waals surface area (Å²) in [6.07, 6.45) is 16.3. The van der Waals surface area contributed by atoms with Crippen LogP contribution in [0.15, 0.2) is 0 Å². The number of hydrogen-bond donors (Lipinski definition) is 0. The van der Waals surface area contributed by atoms with Gasteiger partial charge in [0.25, 0.3) is 0 Å². The first-order chi connectivity index (χ1) is 6.93. The zero-order valence-electron chi connectivity index (χ0n) is 9.44. The number of alkyl halides is 1. The smallest absolute Gasteiger partial charge is 0.00313 e. The van der Waals surface area contributed by atoms with E-state index in [1.54, 1.807) is 0 Å². The van der Waals surface area contributed by atoms with E-state index in [1.165, 1.54) is 76.0 Å². The molecule has 0 nitrogen and oxygen atoms in total. The van der Waals surface area contributed by atoms with Gasteiger partial charge in [0.1, 0.15) is 0 Å². The van der Waals surface area contributed by atoms with E-state index in [4.69, 9.17) is 0 Å². The molecule has 1 heteroatoms. The monoisotopic (exact) mass is 260 g/mol. The van der Waals surface area contributed by atoms with Crippen LogP contribution in [0.1, 0.15) is 70.6 Å². The van der Waals surface area contributed by atoms with Gasteiger partial charge in [0.05, 0.1) is 0 Å². The molecule has 0 aromatic rings. The third-order valence-corrected chi connectivity index (χ3v) is 4.03. The summed E-state index contributed by atoms with van der Waals surface area (Å²) in [4.78, 5) is 0. The first-order valence-corrected chi connectivity index (χ1v) is 7.61. The quantitative estimate of drug-likeness (QED) is 0.431. The van der Waals surface area contributed by atoms with Crippen molar-refractivity contribution in [2.24, 2.45) is 5.92 Å². The molecule has 84 valence electrons. The molecule has 1 aliphatic rings. The Labute approximate surface area is 98.0 Å². The number of hydrogen-bond acceptors (Lipinski definition) is 0. The van der Waals surface area contributed by atoms with Gasteiger partial charge in [-0.25, -0.2) is 0 Å². The second-order valence-electron chi connectivity index (χ2n) is 4.75. The van der Waals surface area contributed by atoms with E-state index in [1.807, 2.05) is 0 Å². The largest absolute Gasteiger partial charge is 0.0928 e. The Hall–Kier alpha value is 0.480. The van der Waals surface area contributed by atoms with Crippen molar-refractivity contribution < 1.29 is 0 Å². The minimum absolute atomic E-state index is 1.10. The highest BCUT2D eigenvalue weighted by Gasteiger charge is 2.12. The second kappa shape index (κ2) is 8.76. The SMILES string of the molecule is BrCCCCCCCC1CCCCC1. The first kappa shape index (κ1) is 12.5. The zero-order chi connectivity index (χ0) is 10.1. The molecule has 0 spiro atoms. The maximum absolute atomic E-state index is 3.48. The Morgan fingerprint density at radius 2 is 1.43 bits per heavy atom. The summed E-state index contributed by atoms with van der Waals surface area (Å²) in [5.41, 5.74) is 0. The van der Waals surface area contributed by atoms with Gasteiger partial charge in [-0.1, -0.05) is 80.1 Å². The van der Waals surface area contributed by atoms with Gasteiger partial charge < -0.3 is 0 Å². The Kier molecular flexibility index (Phi) is 7.85. The summed E-state index contributed by atoms with van der Waals surface area (Å²) in [5, 5.41) is 1.19. The maximum Gasteiger partial charge on any atom is 0.00313 e. The van der Waals surface area contributed by atoms with Crippen LogP contribution in [0.4, 0.5) is 0 Å². The van der Waals surface area contributed by atoms with E-state index in [9.17, 15) is 0 Å². The molecule has 0 aromatic carbocycles. The van der Waals surface area contributed by atoms with Gasteiger partial charge in [0.2, 0.25) is 0 Å². The molecular weight excluding hydrogens is 236 g/mol. The van der Waals surface area contributed by atoms with Crippen LogP contribution in [0, 0.1) is 5.92 Å². The number of unbranched alkanes of at least 4 members (excludes halogenated alkanes) is 4. The summed E-state index contributed by atoms with van der Waals surface area (Å²) >= 11 is 3.48. The normalized spacial score (nSPS) is 18.6. The molecule has 14 heavy (non-hydrogen) atoms. The molecule has 0 atom stereocenters. The Bertz CT molecular complexity index is 116. The fraction of sp³-hybridized carbons (Fsp3) is 1.00. The van der Waals surface area contributed by atoms with Crippen LogP contribution < -0.4 is 0 Å². The molecule has 0 amide bonds. The Balaban J connectivity index is 1.82. The summed E-state index contributed by atoms with van der Waals surface area (Å²) in [5.74, 6) is 1.10. The lowest BCUT2D eigenvalue weighted by molar-refractivity contribution is 0.328. The van der Waals surface area contributed by atoms with Crippen LogP contribution in [0.25, 0.3) is 0 Å².